The zero-order valence-corrected chi connectivity index (χ0v) is 20.0. The number of amides is 2. The number of rotatable bonds is 8. The Bertz CT molecular complexity index is 1010. The molecule has 0 unspecified atom stereocenters. The molecule has 3 rings (SSSR count). The summed E-state index contributed by atoms with van der Waals surface area (Å²) in [4.78, 5) is 32.9. The van der Waals surface area contributed by atoms with Crippen molar-refractivity contribution in [1.29, 1.82) is 0 Å². The van der Waals surface area contributed by atoms with Crippen LogP contribution >= 0.6 is 0 Å². The Labute approximate surface area is 194 Å². The van der Waals surface area contributed by atoms with Crippen molar-refractivity contribution in [2.24, 2.45) is 5.41 Å². The van der Waals surface area contributed by atoms with Gasteiger partial charge in [-0.2, -0.15) is 0 Å². The van der Waals surface area contributed by atoms with Crippen LogP contribution < -0.4 is 10.2 Å². The maximum absolute atomic E-state index is 13.9. The van der Waals surface area contributed by atoms with Gasteiger partial charge < -0.3 is 9.88 Å². The molecule has 0 atom stereocenters. The minimum absolute atomic E-state index is 0.0232. The molecule has 0 saturated heterocycles. The molecule has 2 aromatic rings. The van der Waals surface area contributed by atoms with Crippen molar-refractivity contribution in [3.05, 3.63) is 46.9 Å². The van der Waals surface area contributed by atoms with Gasteiger partial charge in [-0.1, -0.05) is 34.1 Å². The van der Waals surface area contributed by atoms with Crippen molar-refractivity contribution in [2.75, 3.05) is 18.0 Å². The average molecular weight is 461 g/mol. The Balaban J connectivity index is 2.00. The predicted molar refractivity (Wildman–Crippen MR) is 125 cm³/mol. The Morgan fingerprint density at radius 3 is 2.61 bits per heavy atom. The number of halogens is 2. The summed E-state index contributed by atoms with van der Waals surface area (Å²) in [5, 5.41) is 2.99. The van der Waals surface area contributed by atoms with Crippen molar-refractivity contribution in [1.82, 2.24) is 14.9 Å². The van der Waals surface area contributed by atoms with Gasteiger partial charge in [-0.05, 0) is 49.3 Å². The van der Waals surface area contributed by atoms with E-state index in [1.54, 1.807) is 0 Å². The third kappa shape index (κ3) is 5.97. The lowest BCUT2D eigenvalue weighted by atomic mass is 9.92. The molecule has 0 radical (unpaired) electrons. The lowest BCUT2D eigenvalue weighted by Gasteiger charge is -2.23. The van der Waals surface area contributed by atoms with Gasteiger partial charge in [0, 0.05) is 31.6 Å². The fourth-order valence-corrected chi connectivity index (χ4v) is 3.92. The molecule has 2 amide bonds. The number of carbonyl (C=O) groups is 2. The number of imidazole rings is 1. The van der Waals surface area contributed by atoms with Crippen LogP contribution in [0.5, 0.6) is 0 Å². The van der Waals surface area contributed by atoms with Crippen LogP contribution in [0, 0.1) is 17.0 Å². The van der Waals surface area contributed by atoms with Crippen LogP contribution in [-0.2, 0) is 13.0 Å². The number of hydrogen-bond donors (Lipinski definition) is 1. The first-order valence-corrected chi connectivity index (χ1v) is 11.8. The van der Waals surface area contributed by atoms with Gasteiger partial charge in [0.15, 0.2) is 23.1 Å². The molecular weight excluding hydrogens is 426 g/mol. The number of hydrogen-bond acceptors (Lipinski definition) is 3. The SMILES string of the molecule is CCCCN(C(=O)c1ccc(F)c(F)c1)c1nc2n(c1C(=O)NCCC(C)(C)C)CCCC2. The number of aromatic nitrogens is 2. The van der Waals surface area contributed by atoms with E-state index in [9.17, 15) is 18.4 Å². The maximum atomic E-state index is 13.9. The smallest absolute Gasteiger partial charge is 0.271 e. The van der Waals surface area contributed by atoms with Gasteiger partial charge in [0.1, 0.15) is 5.82 Å². The topological polar surface area (TPSA) is 67.2 Å². The van der Waals surface area contributed by atoms with Crippen LogP contribution in [0.1, 0.15) is 86.5 Å². The molecule has 1 N–H and O–H groups in total. The lowest BCUT2D eigenvalue weighted by Crippen LogP contribution is -2.36. The summed E-state index contributed by atoms with van der Waals surface area (Å²) in [6.07, 6.45) is 4.93. The van der Waals surface area contributed by atoms with E-state index >= 15 is 0 Å². The minimum Gasteiger partial charge on any atom is -0.351 e. The average Bonchev–Trinajstić information content (AvgIpc) is 3.14. The first-order chi connectivity index (χ1) is 15.6. The summed E-state index contributed by atoms with van der Waals surface area (Å²) in [7, 11) is 0. The molecule has 2 heterocycles. The van der Waals surface area contributed by atoms with Gasteiger partial charge in [-0.25, -0.2) is 13.8 Å². The number of fused-ring (bicyclic) bond motifs is 1. The molecule has 1 aromatic carbocycles. The number of anilines is 1. The van der Waals surface area contributed by atoms with Crippen molar-refractivity contribution in [3.63, 3.8) is 0 Å². The third-order valence-corrected chi connectivity index (χ3v) is 5.84. The van der Waals surface area contributed by atoms with Crippen molar-refractivity contribution in [2.45, 2.75) is 72.8 Å². The second-order valence-corrected chi connectivity index (χ2v) is 9.81. The number of carbonyl (C=O) groups excluding carboxylic acids is 2. The summed E-state index contributed by atoms with van der Waals surface area (Å²) in [5.41, 5.74) is 0.462. The van der Waals surface area contributed by atoms with Crippen LogP contribution in [0.3, 0.4) is 0 Å². The van der Waals surface area contributed by atoms with E-state index in [1.807, 2.05) is 11.5 Å². The highest BCUT2D eigenvalue weighted by atomic mass is 19.2. The van der Waals surface area contributed by atoms with E-state index in [0.717, 1.165) is 50.1 Å². The van der Waals surface area contributed by atoms with Crippen LogP contribution in [0.15, 0.2) is 18.2 Å². The molecule has 33 heavy (non-hydrogen) atoms. The molecule has 6 nitrogen and oxygen atoms in total. The number of unbranched alkanes of at least 4 members (excludes halogenated alkanes) is 1. The maximum Gasteiger partial charge on any atom is 0.271 e. The summed E-state index contributed by atoms with van der Waals surface area (Å²) >= 11 is 0. The normalized spacial score (nSPS) is 13.5. The third-order valence-electron chi connectivity index (χ3n) is 5.84. The van der Waals surface area contributed by atoms with Crippen LogP contribution in [0.2, 0.25) is 0 Å². The first kappa shape index (κ1) is 24.9. The summed E-state index contributed by atoms with van der Waals surface area (Å²) < 4.78 is 29.2. The van der Waals surface area contributed by atoms with E-state index < -0.39 is 17.5 Å². The first-order valence-electron chi connectivity index (χ1n) is 11.8. The number of benzene rings is 1. The summed E-state index contributed by atoms with van der Waals surface area (Å²) in [6.45, 7) is 9.82. The fourth-order valence-electron chi connectivity index (χ4n) is 3.92. The molecule has 0 fully saturated rings. The van der Waals surface area contributed by atoms with Gasteiger partial charge in [0.25, 0.3) is 11.8 Å². The highest BCUT2D eigenvalue weighted by Crippen LogP contribution is 2.28. The zero-order chi connectivity index (χ0) is 24.2. The largest absolute Gasteiger partial charge is 0.351 e. The molecule has 8 heteroatoms. The van der Waals surface area contributed by atoms with Crippen LogP contribution in [0.25, 0.3) is 0 Å². The summed E-state index contributed by atoms with van der Waals surface area (Å²) in [6, 6.07) is 3.10. The number of aryl methyl sites for hydroxylation is 1. The standard InChI is InChI=1S/C25H34F2N4O2/c1-5-6-14-31(24(33)17-10-11-18(26)19(27)16-17)22-21(23(32)28-13-12-25(2,3)4)30-15-8-7-9-20(30)29-22/h10-11,16H,5-9,12-15H2,1-4H3,(H,28,32). The highest BCUT2D eigenvalue weighted by molar-refractivity contribution is 6.09. The molecule has 1 aliphatic rings. The predicted octanol–water partition coefficient (Wildman–Crippen LogP) is 5.11. The van der Waals surface area contributed by atoms with Crippen LogP contribution in [-0.4, -0.2) is 34.5 Å². The van der Waals surface area contributed by atoms with E-state index in [0.29, 0.717) is 37.6 Å². The van der Waals surface area contributed by atoms with Gasteiger partial charge in [0.2, 0.25) is 0 Å². The highest BCUT2D eigenvalue weighted by Gasteiger charge is 2.31. The van der Waals surface area contributed by atoms with Crippen LogP contribution in [0.4, 0.5) is 14.6 Å². The molecule has 0 bridgehead atoms. The van der Waals surface area contributed by atoms with E-state index in [1.165, 1.54) is 11.0 Å². The van der Waals surface area contributed by atoms with Gasteiger partial charge in [-0.3, -0.25) is 14.5 Å². The van der Waals surface area contributed by atoms with E-state index in [4.69, 9.17) is 4.98 Å². The molecule has 0 saturated carbocycles. The molecule has 0 spiro atoms. The Hall–Kier alpha value is -2.77. The molecule has 0 aliphatic carbocycles. The summed E-state index contributed by atoms with van der Waals surface area (Å²) in [5.74, 6) is -1.79. The monoisotopic (exact) mass is 460 g/mol. The molecule has 1 aromatic heterocycles. The zero-order valence-electron chi connectivity index (χ0n) is 20.0. The fraction of sp³-hybridized carbons (Fsp3) is 0.560. The Morgan fingerprint density at radius 2 is 1.94 bits per heavy atom. The van der Waals surface area contributed by atoms with Gasteiger partial charge in [-0.15, -0.1) is 0 Å². The quantitative estimate of drug-likeness (QED) is 0.595. The lowest BCUT2D eigenvalue weighted by molar-refractivity contribution is 0.0939. The second-order valence-electron chi connectivity index (χ2n) is 9.81. The Kier molecular flexibility index (Phi) is 7.87. The van der Waals surface area contributed by atoms with Crippen molar-refractivity contribution >= 4 is 17.6 Å². The van der Waals surface area contributed by atoms with Gasteiger partial charge >= 0.3 is 0 Å². The Morgan fingerprint density at radius 1 is 1.18 bits per heavy atom. The molecule has 180 valence electrons. The number of nitrogens with zero attached hydrogens (tertiary/aromatic N) is 3. The van der Waals surface area contributed by atoms with E-state index in [2.05, 4.69) is 26.1 Å². The molecule has 1 aliphatic heterocycles. The molecular formula is C25H34F2N4O2. The van der Waals surface area contributed by atoms with Crippen molar-refractivity contribution in [3.8, 4) is 0 Å². The van der Waals surface area contributed by atoms with Crippen molar-refractivity contribution < 1.29 is 18.4 Å². The number of nitrogens with one attached hydrogen (secondary N) is 1. The van der Waals surface area contributed by atoms with E-state index in [-0.39, 0.29) is 16.9 Å². The minimum atomic E-state index is -1.08. The second kappa shape index (κ2) is 10.4. The van der Waals surface area contributed by atoms with Gasteiger partial charge in [0.05, 0.1) is 0 Å².